The molecule has 19 heavy (non-hydrogen) atoms. The Morgan fingerprint density at radius 3 is 3.00 bits per heavy atom. The van der Waals surface area contributed by atoms with Gasteiger partial charge in [-0.15, -0.1) is 0 Å². The van der Waals surface area contributed by atoms with E-state index in [1.165, 1.54) is 0 Å². The Balaban J connectivity index is 1.74. The minimum absolute atomic E-state index is 0.113. The van der Waals surface area contributed by atoms with E-state index in [0.29, 0.717) is 30.4 Å². The number of anilines is 1. The molecule has 100 valence electrons. The van der Waals surface area contributed by atoms with Gasteiger partial charge >= 0.3 is 0 Å². The number of aromatic nitrogens is 1. The van der Waals surface area contributed by atoms with E-state index < -0.39 is 0 Å². The molecule has 0 unspecified atom stereocenters. The second-order valence-corrected chi connectivity index (χ2v) is 4.83. The summed E-state index contributed by atoms with van der Waals surface area (Å²) in [5.41, 5.74) is 1.40. The summed E-state index contributed by atoms with van der Waals surface area (Å²) in [4.78, 5) is 15.8. The van der Waals surface area contributed by atoms with Gasteiger partial charge in [-0.1, -0.05) is 0 Å². The van der Waals surface area contributed by atoms with Crippen molar-refractivity contribution in [1.82, 2.24) is 10.3 Å². The van der Waals surface area contributed by atoms with Crippen LogP contribution in [0.1, 0.15) is 36.9 Å². The average molecular weight is 258 g/mol. The van der Waals surface area contributed by atoms with Crippen LogP contribution in [0.4, 0.5) is 5.82 Å². The number of nitrogens with one attached hydrogen (secondary N) is 2. The molecule has 1 fully saturated rings. The molecule has 0 bridgehead atoms. The number of hydrogen-bond donors (Lipinski definition) is 2. The van der Waals surface area contributed by atoms with E-state index in [2.05, 4.69) is 21.7 Å². The van der Waals surface area contributed by atoms with Gasteiger partial charge in [0.2, 0.25) is 5.91 Å². The number of carbonyl (C=O) groups is 1. The van der Waals surface area contributed by atoms with Crippen LogP contribution < -0.4 is 10.6 Å². The van der Waals surface area contributed by atoms with Crippen LogP contribution in [0.25, 0.3) is 0 Å². The molecule has 0 aliphatic heterocycles. The Morgan fingerprint density at radius 1 is 1.53 bits per heavy atom. The molecule has 1 aliphatic carbocycles. The standard InChI is InChI=1S/C14H18N4O/c1-10-4-5-11(9-15)14(17-10)16-8-2-3-13(19)18-12-6-7-12/h4-5,12H,2-3,6-8H2,1H3,(H,16,17)(H,18,19). The summed E-state index contributed by atoms with van der Waals surface area (Å²) in [5, 5.41) is 15.0. The van der Waals surface area contributed by atoms with Crippen molar-refractivity contribution in [3.8, 4) is 6.07 Å². The molecule has 5 heteroatoms. The number of amides is 1. The first-order valence-electron chi connectivity index (χ1n) is 6.60. The molecule has 5 nitrogen and oxygen atoms in total. The molecular weight excluding hydrogens is 240 g/mol. The van der Waals surface area contributed by atoms with Crippen LogP contribution >= 0.6 is 0 Å². The molecule has 1 aromatic heterocycles. The first-order chi connectivity index (χ1) is 9.19. The minimum atomic E-state index is 0.113. The van der Waals surface area contributed by atoms with Gasteiger partial charge in [0.1, 0.15) is 11.9 Å². The zero-order valence-corrected chi connectivity index (χ0v) is 11.1. The number of carbonyl (C=O) groups excluding carboxylic acids is 1. The van der Waals surface area contributed by atoms with Crippen LogP contribution in [0.15, 0.2) is 12.1 Å². The molecule has 0 atom stereocenters. The van der Waals surface area contributed by atoms with Crippen molar-refractivity contribution < 1.29 is 4.79 Å². The first-order valence-corrected chi connectivity index (χ1v) is 6.60. The van der Waals surface area contributed by atoms with Crippen LogP contribution in [0.2, 0.25) is 0 Å². The number of aryl methyl sites for hydroxylation is 1. The highest BCUT2D eigenvalue weighted by molar-refractivity contribution is 5.76. The maximum atomic E-state index is 11.5. The second-order valence-electron chi connectivity index (χ2n) is 4.83. The molecule has 1 amide bonds. The summed E-state index contributed by atoms with van der Waals surface area (Å²) >= 11 is 0. The molecule has 0 radical (unpaired) electrons. The SMILES string of the molecule is Cc1ccc(C#N)c(NCCCC(=O)NC2CC2)n1. The number of rotatable bonds is 6. The lowest BCUT2D eigenvalue weighted by Crippen LogP contribution is -2.25. The Morgan fingerprint density at radius 2 is 2.32 bits per heavy atom. The first kappa shape index (κ1) is 13.3. The number of hydrogen-bond acceptors (Lipinski definition) is 4. The maximum Gasteiger partial charge on any atom is 0.220 e. The van der Waals surface area contributed by atoms with Crippen LogP contribution in [0.3, 0.4) is 0 Å². The molecule has 1 saturated carbocycles. The predicted molar refractivity (Wildman–Crippen MR) is 72.6 cm³/mol. The maximum absolute atomic E-state index is 11.5. The summed E-state index contributed by atoms with van der Waals surface area (Å²) in [6.45, 7) is 2.53. The monoisotopic (exact) mass is 258 g/mol. The number of pyridine rings is 1. The van der Waals surface area contributed by atoms with Crippen LogP contribution in [0.5, 0.6) is 0 Å². The lowest BCUT2D eigenvalue weighted by Gasteiger charge is -2.08. The van der Waals surface area contributed by atoms with E-state index in [4.69, 9.17) is 5.26 Å². The van der Waals surface area contributed by atoms with Crippen molar-refractivity contribution in [3.63, 3.8) is 0 Å². The van der Waals surface area contributed by atoms with E-state index >= 15 is 0 Å². The molecule has 0 saturated heterocycles. The number of nitrogens with zero attached hydrogens (tertiary/aromatic N) is 2. The van der Waals surface area contributed by atoms with Gasteiger partial charge in [-0.25, -0.2) is 4.98 Å². The molecule has 2 N–H and O–H groups in total. The lowest BCUT2D eigenvalue weighted by atomic mass is 10.2. The van der Waals surface area contributed by atoms with Crippen molar-refractivity contribution in [3.05, 3.63) is 23.4 Å². The lowest BCUT2D eigenvalue weighted by molar-refractivity contribution is -0.121. The van der Waals surface area contributed by atoms with Crippen molar-refractivity contribution >= 4 is 11.7 Å². The van der Waals surface area contributed by atoms with Crippen LogP contribution in [0, 0.1) is 18.3 Å². The zero-order chi connectivity index (χ0) is 13.7. The van der Waals surface area contributed by atoms with Crippen molar-refractivity contribution in [2.45, 2.75) is 38.6 Å². The molecule has 1 aliphatic rings. The average Bonchev–Trinajstić information content (AvgIpc) is 3.19. The van der Waals surface area contributed by atoms with Crippen LogP contribution in [-0.2, 0) is 4.79 Å². The van der Waals surface area contributed by atoms with Crippen LogP contribution in [-0.4, -0.2) is 23.5 Å². The summed E-state index contributed by atoms with van der Waals surface area (Å²) < 4.78 is 0. The van der Waals surface area contributed by atoms with E-state index in [1.54, 1.807) is 6.07 Å². The van der Waals surface area contributed by atoms with Gasteiger partial charge in [0.25, 0.3) is 0 Å². The van der Waals surface area contributed by atoms with Gasteiger partial charge in [-0.05, 0) is 38.3 Å². The Hall–Kier alpha value is -2.09. The third kappa shape index (κ3) is 4.25. The number of nitriles is 1. The zero-order valence-electron chi connectivity index (χ0n) is 11.1. The predicted octanol–water partition coefficient (Wildman–Crippen LogP) is 1.73. The van der Waals surface area contributed by atoms with Crippen molar-refractivity contribution in [2.24, 2.45) is 0 Å². The van der Waals surface area contributed by atoms with Gasteiger partial charge in [-0.3, -0.25) is 4.79 Å². The summed E-state index contributed by atoms with van der Waals surface area (Å²) in [6, 6.07) is 6.09. The van der Waals surface area contributed by atoms with Gasteiger partial charge in [0, 0.05) is 24.7 Å². The molecular formula is C14H18N4O. The van der Waals surface area contributed by atoms with E-state index in [-0.39, 0.29) is 5.91 Å². The molecule has 1 heterocycles. The highest BCUT2D eigenvalue weighted by atomic mass is 16.1. The minimum Gasteiger partial charge on any atom is -0.369 e. The Bertz CT molecular complexity index is 503. The van der Waals surface area contributed by atoms with Crippen molar-refractivity contribution in [2.75, 3.05) is 11.9 Å². The Kier molecular flexibility index (Phi) is 4.35. The van der Waals surface area contributed by atoms with Gasteiger partial charge in [0.05, 0.1) is 5.56 Å². The fourth-order valence-corrected chi connectivity index (χ4v) is 1.76. The van der Waals surface area contributed by atoms with Crippen molar-refractivity contribution in [1.29, 1.82) is 5.26 Å². The summed E-state index contributed by atoms with van der Waals surface area (Å²) in [7, 11) is 0. The Labute approximate surface area is 113 Å². The highest BCUT2D eigenvalue weighted by Crippen LogP contribution is 2.18. The topological polar surface area (TPSA) is 77.8 Å². The molecule has 2 rings (SSSR count). The fourth-order valence-electron chi connectivity index (χ4n) is 1.76. The van der Waals surface area contributed by atoms with Gasteiger partial charge in [-0.2, -0.15) is 5.26 Å². The quantitative estimate of drug-likeness (QED) is 0.762. The normalized spacial score (nSPS) is 13.7. The smallest absolute Gasteiger partial charge is 0.220 e. The van der Waals surface area contributed by atoms with E-state index in [0.717, 1.165) is 25.0 Å². The summed E-state index contributed by atoms with van der Waals surface area (Å²) in [5.74, 6) is 0.715. The molecule has 0 aromatic carbocycles. The van der Waals surface area contributed by atoms with Gasteiger partial charge < -0.3 is 10.6 Å². The third-order valence-electron chi connectivity index (χ3n) is 2.97. The third-order valence-corrected chi connectivity index (χ3v) is 2.97. The molecule has 1 aromatic rings. The summed E-state index contributed by atoms with van der Waals surface area (Å²) in [6.07, 6.45) is 3.47. The van der Waals surface area contributed by atoms with E-state index in [9.17, 15) is 4.79 Å². The fraction of sp³-hybridized carbons (Fsp3) is 0.500. The van der Waals surface area contributed by atoms with E-state index in [1.807, 2.05) is 13.0 Å². The second kappa shape index (κ2) is 6.19. The largest absolute Gasteiger partial charge is 0.369 e. The molecule has 0 spiro atoms. The van der Waals surface area contributed by atoms with Gasteiger partial charge in [0.15, 0.2) is 0 Å². The highest BCUT2D eigenvalue weighted by Gasteiger charge is 2.22.